The molecule has 0 aromatic heterocycles. The predicted octanol–water partition coefficient (Wildman–Crippen LogP) is 2.55. The molecular weight excluding hydrogens is 282 g/mol. The Labute approximate surface area is 132 Å². The molecule has 5 heteroatoms. The first-order chi connectivity index (χ1) is 10.3. The second-order valence-corrected chi connectivity index (χ2v) is 5.71. The Balaban J connectivity index is 2.19. The molecule has 0 amide bonds. The van der Waals surface area contributed by atoms with E-state index in [1.165, 1.54) is 24.2 Å². The van der Waals surface area contributed by atoms with E-state index < -0.39 is 0 Å². The number of benzene rings is 1. The molecule has 0 spiro atoms. The summed E-state index contributed by atoms with van der Waals surface area (Å²) < 4.78 is 5.16. The summed E-state index contributed by atoms with van der Waals surface area (Å²) in [5, 5.41) is 6.68. The van der Waals surface area contributed by atoms with E-state index >= 15 is 0 Å². The number of ether oxygens (including phenoxy) is 1. The van der Waals surface area contributed by atoms with E-state index in [4.69, 9.17) is 4.74 Å². The molecule has 2 N–H and O–H groups in total. The zero-order chi connectivity index (χ0) is 15.3. The Morgan fingerprint density at radius 2 is 1.86 bits per heavy atom. The highest BCUT2D eigenvalue weighted by Gasteiger charge is 1.98. The van der Waals surface area contributed by atoms with Gasteiger partial charge in [0.15, 0.2) is 5.96 Å². The van der Waals surface area contributed by atoms with Crippen molar-refractivity contribution >= 4 is 17.7 Å². The smallest absolute Gasteiger partial charge is 0.190 e. The molecule has 1 aromatic carbocycles. The number of nitrogens with zero attached hydrogens (tertiary/aromatic N) is 1. The number of nitrogens with one attached hydrogen (secondary N) is 2. The summed E-state index contributed by atoms with van der Waals surface area (Å²) >= 11 is 1.90. The summed E-state index contributed by atoms with van der Waals surface area (Å²) in [6.45, 7) is 1.85. The minimum atomic E-state index is 0.872. The van der Waals surface area contributed by atoms with Crippen LogP contribution in [0.5, 0.6) is 5.75 Å². The average molecular weight is 309 g/mol. The molecule has 1 aromatic rings. The van der Waals surface area contributed by atoms with Gasteiger partial charge in [0.25, 0.3) is 0 Å². The van der Waals surface area contributed by atoms with E-state index in [0.29, 0.717) is 0 Å². The first kappa shape index (κ1) is 17.7. The summed E-state index contributed by atoms with van der Waals surface area (Å²) in [4.78, 5) is 4.23. The van der Waals surface area contributed by atoms with E-state index in [1.54, 1.807) is 7.11 Å². The quantitative estimate of drug-likeness (QED) is 0.418. The number of guanidine groups is 1. The zero-order valence-corrected chi connectivity index (χ0v) is 14.1. The second kappa shape index (κ2) is 11.3. The van der Waals surface area contributed by atoms with Crippen molar-refractivity contribution < 1.29 is 4.74 Å². The fourth-order valence-corrected chi connectivity index (χ4v) is 2.41. The SMILES string of the molecule is CN=C(NCCCCSC)NCCc1ccc(OC)cc1. The van der Waals surface area contributed by atoms with Crippen molar-refractivity contribution in [3.8, 4) is 5.75 Å². The van der Waals surface area contributed by atoms with E-state index in [-0.39, 0.29) is 0 Å². The van der Waals surface area contributed by atoms with Crippen LogP contribution in [0.25, 0.3) is 0 Å². The molecule has 0 aliphatic rings. The maximum Gasteiger partial charge on any atom is 0.190 e. The summed E-state index contributed by atoms with van der Waals surface area (Å²) in [5.41, 5.74) is 1.29. The molecule has 1 rings (SSSR count). The Kier molecular flexibility index (Phi) is 9.53. The molecule has 0 aliphatic carbocycles. The lowest BCUT2D eigenvalue weighted by molar-refractivity contribution is 0.414. The standard InChI is InChI=1S/C16H27N3OS/c1-17-16(18-11-4-5-13-21-3)19-12-10-14-6-8-15(20-2)9-7-14/h6-9H,4-5,10-13H2,1-3H3,(H2,17,18,19). The van der Waals surface area contributed by atoms with Crippen LogP contribution in [-0.4, -0.2) is 45.2 Å². The number of hydrogen-bond donors (Lipinski definition) is 2. The normalized spacial score (nSPS) is 11.3. The molecule has 0 heterocycles. The Morgan fingerprint density at radius 3 is 2.48 bits per heavy atom. The molecule has 0 aliphatic heterocycles. The first-order valence-electron chi connectivity index (χ1n) is 7.36. The monoisotopic (exact) mass is 309 g/mol. The van der Waals surface area contributed by atoms with Crippen LogP contribution in [0.2, 0.25) is 0 Å². The number of methoxy groups -OCH3 is 1. The molecule has 4 nitrogen and oxygen atoms in total. The van der Waals surface area contributed by atoms with Gasteiger partial charge in [-0.3, -0.25) is 4.99 Å². The van der Waals surface area contributed by atoms with Crippen LogP contribution in [0.15, 0.2) is 29.3 Å². The van der Waals surface area contributed by atoms with Crippen LogP contribution < -0.4 is 15.4 Å². The minimum absolute atomic E-state index is 0.872. The van der Waals surface area contributed by atoms with Gasteiger partial charge in [0, 0.05) is 20.1 Å². The number of thioether (sulfide) groups is 1. The van der Waals surface area contributed by atoms with Gasteiger partial charge in [-0.2, -0.15) is 11.8 Å². The van der Waals surface area contributed by atoms with Crippen molar-refractivity contribution in [2.24, 2.45) is 4.99 Å². The van der Waals surface area contributed by atoms with Crippen LogP contribution >= 0.6 is 11.8 Å². The number of hydrogen-bond acceptors (Lipinski definition) is 3. The topological polar surface area (TPSA) is 45.7 Å². The van der Waals surface area contributed by atoms with Gasteiger partial charge in [0.2, 0.25) is 0 Å². The molecule has 0 saturated heterocycles. The summed E-state index contributed by atoms with van der Waals surface area (Å²) in [5.74, 6) is 3.01. The van der Waals surface area contributed by atoms with E-state index in [1.807, 2.05) is 30.9 Å². The Hall–Kier alpha value is -1.36. The maximum atomic E-state index is 5.16. The third-order valence-electron chi connectivity index (χ3n) is 3.16. The number of rotatable bonds is 9. The van der Waals surface area contributed by atoms with Crippen LogP contribution in [0.3, 0.4) is 0 Å². The van der Waals surface area contributed by atoms with Crippen LogP contribution in [0, 0.1) is 0 Å². The highest BCUT2D eigenvalue weighted by Crippen LogP contribution is 2.11. The predicted molar refractivity (Wildman–Crippen MR) is 93.7 cm³/mol. The van der Waals surface area contributed by atoms with Crippen molar-refractivity contribution in [2.75, 3.05) is 39.3 Å². The molecule has 0 fully saturated rings. The third-order valence-corrected chi connectivity index (χ3v) is 3.85. The van der Waals surface area contributed by atoms with E-state index in [2.05, 4.69) is 34.0 Å². The highest BCUT2D eigenvalue weighted by atomic mass is 32.2. The number of unbranched alkanes of at least 4 members (excludes halogenated alkanes) is 1. The molecule has 118 valence electrons. The average Bonchev–Trinajstić information content (AvgIpc) is 2.53. The Morgan fingerprint density at radius 1 is 1.14 bits per heavy atom. The van der Waals surface area contributed by atoms with Gasteiger partial charge in [-0.05, 0) is 49.0 Å². The fraction of sp³-hybridized carbons (Fsp3) is 0.562. The second-order valence-electron chi connectivity index (χ2n) is 4.72. The van der Waals surface area contributed by atoms with Gasteiger partial charge in [0.1, 0.15) is 5.75 Å². The zero-order valence-electron chi connectivity index (χ0n) is 13.3. The Bertz CT molecular complexity index is 406. The van der Waals surface area contributed by atoms with E-state index in [9.17, 15) is 0 Å². The van der Waals surface area contributed by atoms with Crippen molar-refractivity contribution in [2.45, 2.75) is 19.3 Å². The van der Waals surface area contributed by atoms with Crippen molar-refractivity contribution in [3.05, 3.63) is 29.8 Å². The van der Waals surface area contributed by atoms with Crippen molar-refractivity contribution in [1.82, 2.24) is 10.6 Å². The van der Waals surface area contributed by atoms with Gasteiger partial charge in [-0.25, -0.2) is 0 Å². The molecule has 0 bridgehead atoms. The highest BCUT2D eigenvalue weighted by molar-refractivity contribution is 7.98. The van der Waals surface area contributed by atoms with Gasteiger partial charge >= 0.3 is 0 Å². The van der Waals surface area contributed by atoms with Crippen LogP contribution in [0.4, 0.5) is 0 Å². The largest absolute Gasteiger partial charge is 0.497 e. The third kappa shape index (κ3) is 7.85. The molecule has 0 atom stereocenters. The van der Waals surface area contributed by atoms with Gasteiger partial charge in [-0.1, -0.05) is 12.1 Å². The van der Waals surface area contributed by atoms with Crippen LogP contribution in [-0.2, 0) is 6.42 Å². The summed E-state index contributed by atoms with van der Waals surface area (Å²) in [6, 6.07) is 8.18. The van der Waals surface area contributed by atoms with Gasteiger partial charge < -0.3 is 15.4 Å². The molecule has 0 saturated carbocycles. The summed E-state index contributed by atoms with van der Waals surface area (Å²) in [7, 11) is 3.50. The van der Waals surface area contributed by atoms with Crippen molar-refractivity contribution in [1.29, 1.82) is 0 Å². The molecule has 0 radical (unpaired) electrons. The molecular formula is C16H27N3OS. The van der Waals surface area contributed by atoms with Gasteiger partial charge in [-0.15, -0.1) is 0 Å². The molecule has 21 heavy (non-hydrogen) atoms. The fourth-order valence-electron chi connectivity index (χ4n) is 1.92. The lowest BCUT2D eigenvalue weighted by Crippen LogP contribution is -2.38. The number of aliphatic imine (C=N–C) groups is 1. The maximum absolute atomic E-state index is 5.16. The minimum Gasteiger partial charge on any atom is -0.497 e. The van der Waals surface area contributed by atoms with Gasteiger partial charge in [0.05, 0.1) is 7.11 Å². The molecule has 0 unspecified atom stereocenters. The first-order valence-corrected chi connectivity index (χ1v) is 8.76. The summed E-state index contributed by atoms with van der Waals surface area (Å²) in [6.07, 6.45) is 5.54. The van der Waals surface area contributed by atoms with E-state index in [0.717, 1.165) is 31.2 Å². The van der Waals surface area contributed by atoms with Crippen LogP contribution in [0.1, 0.15) is 18.4 Å². The lowest BCUT2D eigenvalue weighted by atomic mass is 10.1. The van der Waals surface area contributed by atoms with Crippen molar-refractivity contribution in [3.63, 3.8) is 0 Å². The lowest BCUT2D eigenvalue weighted by Gasteiger charge is -2.12.